The van der Waals surface area contributed by atoms with Crippen molar-refractivity contribution in [2.24, 2.45) is 7.05 Å². The average molecular weight is 287 g/mol. The van der Waals surface area contributed by atoms with Crippen LogP contribution < -0.4 is 5.32 Å². The predicted molar refractivity (Wildman–Crippen MR) is 83.3 cm³/mol. The quantitative estimate of drug-likeness (QED) is 0.907. The Hall–Kier alpha value is -2.30. The maximum atomic E-state index is 11.4. The zero-order valence-electron chi connectivity index (χ0n) is 13.1. The van der Waals surface area contributed by atoms with Gasteiger partial charge in [-0.1, -0.05) is 32.4 Å². The molecule has 0 spiro atoms. The molecule has 1 aromatic heterocycles. The highest BCUT2D eigenvalue weighted by Crippen LogP contribution is 2.27. The van der Waals surface area contributed by atoms with Crippen molar-refractivity contribution in [2.75, 3.05) is 5.32 Å². The number of carboxylic acids is 1. The molecule has 1 aromatic carbocycles. The van der Waals surface area contributed by atoms with Crippen LogP contribution in [0.4, 0.5) is 11.5 Å². The minimum absolute atomic E-state index is 0.0550. The summed E-state index contributed by atoms with van der Waals surface area (Å²) in [5.74, 6) is -0.175. The molecule has 0 saturated carbocycles. The molecule has 21 heavy (non-hydrogen) atoms. The third-order valence-electron chi connectivity index (χ3n) is 3.32. The van der Waals surface area contributed by atoms with Gasteiger partial charge in [0.2, 0.25) is 0 Å². The van der Waals surface area contributed by atoms with Gasteiger partial charge in [0.15, 0.2) is 0 Å². The van der Waals surface area contributed by atoms with Gasteiger partial charge >= 0.3 is 5.97 Å². The Morgan fingerprint density at radius 1 is 1.29 bits per heavy atom. The molecule has 0 aliphatic heterocycles. The predicted octanol–water partition coefficient (Wildman–Crippen LogP) is 3.47. The van der Waals surface area contributed by atoms with Crippen molar-refractivity contribution in [3.05, 3.63) is 41.1 Å². The van der Waals surface area contributed by atoms with E-state index < -0.39 is 5.97 Å². The summed E-state index contributed by atoms with van der Waals surface area (Å²) in [7, 11) is 1.84. The number of aromatic nitrogens is 2. The summed E-state index contributed by atoms with van der Waals surface area (Å²) < 4.78 is 1.73. The number of carbonyl (C=O) groups is 1. The van der Waals surface area contributed by atoms with Crippen LogP contribution in [0.2, 0.25) is 0 Å². The van der Waals surface area contributed by atoms with Crippen LogP contribution >= 0.6 is 0 Å². The number of rotatable bonds is 3. The van der Waals surface area contributed by atoms with Crippen LogP contribution in [0, 0.1) is 6.92 Å². The van der Waals surface area contributed by atoms with Crippen molar-refractivity contribution in [1.29, 1.82) is 0 Å². The summed E-state index contributed by atoms with van der Waals surface area (Å²) in [4.78, 5) is 11.4. The van der Waals surface area contributed by atoms with Crippen LogP contribution in [0.25, 0.3) is 0 Å². The van der Waals surface area contributed by atoms with E-state index in [1.807, 2.05) is 26.1 Å². The molecule has 1 heterocycles. The van der Waals surface area contributed by atoms with Gasteiger partial charge in [-0.15, -0.1) is 0 Å². The SMILES string of the molecule is Cc1ccc(Nc2cc(C(C)(C)C)nn2C)c(C(=O)O)c1. The second-order valence-electron chi connectivity index (χ2n) is 6.27. The van der Waals surface area contributed by atoms with Crippen molar-refractivity contribution < 1.29 is 9.90 Å². The number of anilines is 2. The average Bonchev–Trinajstić information content (AvgIpc) is 2.73. The minimum atomic E-state index is -0.945. The largest absolute Gasteiger partial charge is 0.478 e. The monoisotopic (exact) mass is 287 g/mol. The van der Waals surface area contributed by atoms with Crippen LogP contribution in [0.15, 0.2) is 24.3 Å². The molecule has 0 aliphatic rings. The Labute approximate surface area is 124 Å². The van der Waals surface area contributed by atoms with Gasteiger partial charge in [-0.25, -0.2) is 4.79 Å². The second-order valence-corrected chi connectivity index (χ2v) is 6.27. The summed E-state index contributed by atoms with van der Waals surface area (Å²) in [6, 6.07) is 7.27. The molecule has 2 rings (SSSR count). The van der Waals surface area contributed by atoms with Gasteiger partial charge in [-0.2, -0.15) is 5.10 Å². The molecule has 0 radical (unpaired) electrons. The maximum Gasteiger partial charge on any atom is 0.337 e. The number of benzene rings is 1. The number of hydrogen-bond acceptors (Lipinski definition) is 3. The highest BCUT2D eigenvalue weighted by Gasteiger charge is 2.19. The zero-order chi connectivity index (χ0) is 15.8. The van der Waals surface area contributed by atoms with E-state index in [-0.39, 0.29) is 11.0 Å². The van der Waals surface area contributed by atoms with Crippen molar-refractivity contribution >= 4 is 17.5 Å². The van der Waals surface area contributed by atoms with Gasteiger partial charge in [0.05, 0.1) is 16.9 Å². The highest BCUT2D eigenvalue weighted by atomic mass is 16.4. The first kappa shape index (κ1) is 15.1. The normalized spacial score (nSPS) is 11.5. The first-order chi connectivity index (χ1) is 9.68. The fraction of sp³-hybridized carbons (Fsp3) is 0.375. The Balaban J connectivity index is 2.39. The van der Waals surface area contributed by atoms with Crippen LogP contribution in [0.1, 0.15) is 42.4 Å². The summed E-state index contributed by atoms with van der Waals surface area (Å²) in [6.45, 7) is 8.15. The van der Waals surface area contributed by atoms with E-state index in [4.69, 9.17) is 0 Å². The van der Waals surface area contributed by atoms with Gasteiger partial charge in [0, 0.05) is 18.5 Å². The standard InChI is InChI=1S/C16H21N3O2/c1-10-6-7-12(11(8-10)15(20)21)17-14-9-13(16(2,3)4)18-19(14)5/h6-9,17H,1-5H3,(H,20,21). The molecule has 0 bridgehead atoms. The van der Waals surface area contributed by atoms with E-state index in [2.05, 4.69) is 31.2 Å². The lowest BCUT2D eigenvalue weighted by Gasteiger charge is -2.13. The lowest BCUT2D eigenvalue weighted by Crippen LogP contribution is -2.12. The molecule has 2 aromatic rings. The fourth-order valence-corrected chi connectivity index (χ4v) is 2.03. The molecule has 0 unspecified atom stereocenters. The third-order valence-corrected chi connectivity index (χ3v) is 3.32. The Kier molecular flexibility index (Phi) is 3.77. The third kappa shape index (κ3) is 3.24. The number of aromatic carboxylic acids is 1. The van der Waals surface area contributed by atoms with Crippen molar-refractivity contribution in [3.63, 3.8) is 0 Å². The molecule has 112 valence electrons. The zero-order valence-corrected chi connectivity index (χ0v) is 13.1. The lowest BCUT2D eigenvalue weighted by molar-refractivity contribution is 0.0698. The van der Waals surface area contributed by atoms with E-state index in [0.29, 0.717) is 5.69 Å². The van der Waals surface area contributed by atoms with Crippen LogP contribution in [0.5, 0.6) is 0 Å². The molecule has 2 N–H and O–H groups in total. The molecule has 5 heteroatoms. The smallest absolute Gasteiger partial charge is 0.337 e. The van der Waals surface area contributed by atoms with E-state index >= 15 is 0 Å². The van der Waals surface area contributed by atoms with E-state index in [1.54, 1.807) is 16.8 Å². The highest BCUT2D eigenvalue weighted by molar-refractivity contribution is 5.95. The first-order valence-electron chi connectivity index (χ1n) is 6.84. The summed E-state index contributed by atoms with van der Waals surface area (Å²) in [5, 5.41) is 16.9. The summed E-state index contributed by atoms with van der Waals surface area (Å²) >= 11 is 0. The molecule has 0 saturated heterocycles. The first-order valence-corrected chi connectivity index (χ1v) is 6.84. The topological polar surface area (TPSA) is 67.2 Å². The molecule has 0 aliphatic carbocycles. The Morgan fingerprint density at radius 2 is 1.95 bits per heavy atom. The van der Waals surface area contributed by atoms with E-state index in [1.165, 1.54) is 0 Å². The molecular weight excluding hydrogens is 266 g/mol. The van der Waals surface area contributed by atoms with Crippen molar-refractivity contribution in [1.82, 2.24) is 9.78 Å². The van der Waals surface area contributed by atoms with Gasteiger partial charge in [-0.3, -0.25) is 4.68 Å². The fourth-order valence-electron chi connectivity index (χ4n) is 2.03. The lowest BCUT2D eigenvalue weighted by atomic mass is 9.92. The molecular formula is C16H21N3O2. The van der Waals surface area contributed by atoms with Gasteiger partial charge < -0.3 is 10.4 Å². The Morgan fingerprint density at radius 3 is 2.48 bits per heavy atom. The number of aryl methyl sites for hydroxylation is 2. The summed E-state index contributed by atoms with van der Waals surface area (Å²) in [5.41, 5.74) is 2.64. The summed E-state index contributed by atoms with van der Waals surface area (Å²) in [6.07, 6.45) is 0. The molecule has 0 amide bonds. The number of carboxylic acid groups (broad SMARTS) is 1. The number of nitrogens with one attached hydrogen (secondary N) is 1. The van der Waals surface area contributed by atoms with Crippen molar-refractivity contribution in [3.8, 4) is 0 Å². The maximum absolute atomic E-state index is 11.4. The number of hydrogen-bond donors (Lipinski definition) is 2. The van der Waals surface area contributed by atoms with Gasteiger partial charge in [0.1, 0.15) is 5.82 Å². The van der Waals surface area contributed by atoms with Crippen LogP contribution in [-0.2, 0) is 12.5 Å². The van der Waals surface area contributed by atoms with Crippen molar-refractivity contribution in [2.45, 2.75) is 33.1 Å². The molecule has 0 atom stereocenters. The minimum Gasteiger partial charge on any atom is -0.478 e. The Bertz CT molecular complexity index is 681. The van der Waals surface area contributed by atoms with Crippen LogP contribution in [0.3, 0.4) is 0 Å². The van der Waals surface area contributed by atoms with Gasteiger partial charge in [-0.05, 0) is 19.1 Å². The van der Waals surface area contributed by atoms with Gasteiger partial charge in [0.25, 0.3) is 0 Å². The number of nitrogens with zero attached hydrogens (tertiary/aromatic N) is 2. The second kappa shape index (κ2) is 5.24. The van der Waals surface area contributed by atoms with E-state index in [9.17, 15) is 9.90 Å². The van der Waals surface area contributed by atoms with E-state index in [0.717, 1.165) is 17.1 Å². The van der Waals surface area contributed by atoms with Crippen LogP contribution in [-0.4, -0.2) is 20.9 Å². The molecule has 0 fully saturated rings. The molecule has 5 nitrogen and oxygen atoms in total.